The molecule has 1 saturated carbocycles. The first-order valence-electron chi connectivity index (χ1n) is 7.68. The molecule has 0 spiro atoms. The van der Waals surface area contributed by atoms with E-state index >= 15 is 0 Å². The SMILES string of the molecule is CCCc1c(C2CCCCC2)ccc(C(=O)O)c1C(=O)O. The molecule has 0 amide bonds. The maximum Gasteiger partial charge on any atom is 0.336 e. The van der Waals surface area contributed by atoms with E-state index in [0.717, 1.165) is 30.4 Å². The van der Waals surface area contributed by atoms with Crippen molar-refractivity contribution in [2.45, 2.75) is 57.8 Å². The van der Waals surface area contributed by atoms with Gasteiger partial charge in [0.1, 0.15) is 0 Å². The largest absolute Gasteiger partial charge is 0.478 e. The van der Waals surface area contributed by atoms with Crippen LogP contribution in [-0.2, 0) is 6.42 Å². The van der Waals surface area contributed by atoms with Crippen LogP contribution >= 0.6 is 0 Å². The highest BCUT2D eigenvalue weighted by Gasteiger charge is 2.26. The predicted octanol–water partition coefficient (Wildman–Crippen LogP) is 4.08. The number of carbonyl (C=O) groups is 2. The van der Waals surface area contributed by atoms with Gasteiger partial charge >= 0.3 is 11.9 Å². The summed E-state index contributed by atoms with van der Waals surface area (Å²) in [5.74, 6) is -1.92. The Morgan fingerprint density at radius 2 is 1.76 bits per heavy atom. The van der Waals surface area contributed by atoms with Crippen LogP contribution in [0.25, 0.3) is 0 Å². The first-order chi connectivity index (χ1) is 10.1. The van der Waals surface area contributed by atoms with Gasteiger partial charge in [0, 0.05) is 0 Å². The highest BCUT2D eigenvalue weighted by Crippen LogP contribution is 2.36. The zero-order valence-corrected chi connectivity index (χ0v) is 12.4. The molecule has 0 radical (unpaired) electrons. The van der Waals surface area contributed by atoms with E-state index in [9.17, 15) is 19.8 Å². The van der Waals surface area contributed by atoms with Crippen molar-refractivity contribution in [3.63, 3.8) is 0 Å². The minimum absolute atomic E-state index is 0.00702. The maximum absolute atomic E-state index is 11.6. The molecule has 0 unspecified atom stereocenters. The molecule has 0 bridgehead atoms. The van der Waals surface area contributed by atoms with Crippen molar-refractivity contribution in [2.75, 3.05) is 0 Å². The van der Waals surface area contributed by atoms with E-state index in [2.05, 4.69) is 0 Å². The summed E-state index contributed by atoms with van der Waals surface area (Å²) in [6.45, 7) is 1.99. The second-order valence-electron chi connectivity index (χ2n) is 5.75. The van der Waals surface area contributed by atoms with Crippen LogP contribution in [-0.4, -0.2) is 22.2 Å². The lowest BCUT2D eigenvalue weighted by atomic mass is 9.79. The third-order valence-corrected chi connectivity index (χ3v) is 4.34. The monoisotopic (exact) mass is 290 g/mol. The van der Waals surface area contributed by atoms with Crippen molar-refractivity contribution in [1.29, 1.82) is 0 Å². The Labute approximate surface area is 124 Å². The van der Waals surface area contributed by atoms with Crippen LogP contribution in [0.1, 0.15) is 83.2 Å². The van der Waals surface area contributed by atoms with Crippen LogP contribution in [0.4, 0.5) is 0 Å². The van der Waals surface area contributed by atoms with Gasteiger partial charge in [0.05, 0.1) is 11.1 Å². The quantitative estimate of drug-likeness (QED) is 0.856. The molecule has 1 aromatic carbocycles. The first-order valence-corrected chi connectivity index (χ1v) is 7.68. The normalized spacial score (nSPS) is 15.9. The topological polar surface area (TPSA) is 74.6 Å². The van der Waals surface area contributed by atoms with E-state index in [0.29, 0.717) is 12.3 Å². The van der Waals surface area contributed by atoms with Crippen LogP contribution in [0.15, 0.2) is 12.1 Å². The second-order valence-corrected chi connectivity index (χ2v) is 5.75. The highest BCUT2D eigenvalue weighted by atomic mass is 16.4. The van der Waals surface area contributed by atoms with Gasteiger partial charge < -0.3 is 10.2 Å². The number of carboxylic acids is 2. The van der Waals surface area contributed by atoms with Crippen molar-refractivity contribution in [3.8, 4) is 0 Å². The summed E-state index contributed by atoms with van der Waals surface area (Å²) in [6.07, 6.45) is 7.14. The lowest BCUT2D eigenvalue weighted by Crippen LogP contribution is -2.16. The number of hydrogen-bond donors (Lipinski definition) is 2. The fourth-order valence-corrected chi connectivity index (χ4v) is 3.40. The predicted molar refractivity (Wildman–Crippen MR) is 80.2 cm³/mol. The Kier molecular flexibility index (Phi) is 4.99. The minimum atomic E-state index is -1.17. The molecule has 2 N–H and O–H groups in total. The summed E-state index contributed by atoms with van der Waals surface area (Å²) in [4.78, 5) is 22.9. The minimum Gasteiger partial charge on any atom is -0.478 e. The van der Waals surface area contributed by atoms with Crippen molar-refractivity contribution < 1.29 is 19.8 Å². The van der Waals surface area contributed by atoms with Gasteiger partial charge in [-0.05, 0) is 42.4 Å². The Balaban J connectivity index is 2.56. The van der Waals surface area contributed by atoms with E-state index in [1.54, 1.807) is 0 Å². The van der Waals surface area contributed by atoms with E-state index in [4.69, 9.17) is 0 Å². The van der Waals surface area contributed by atoms with Gasteiger partial charge in [-0.3, -0.25) is 0 Å². The van der Waals surface area contributed by atoms with Gasteiger partial charge in [-0.2, -0.15) is 0 Å². The summed E-state index contributed by atoms with van der Waals surface area (Å²) in [5, 5.41) is 18.7. The average molecular weight is 290 g/mol. The number of benzene rings is 1. The molecule has 1 aromatic rings. The van der Waals surface area contributed by atoms with Gasteiger partial charge in [0.2, 0.25) is 0 Å². The molecule has 1 aliphatic rings. The number of aromatic carboxylic acids is 2. The molecule has 2 rings (SSSR count). The first kappa shape index (κ1) is 15.5. The molecule has 0 aliphatic heterocycles. The van der Waals surface area contributed by atoms with Crippen LogP contribution in [0.3, 0.4) is 0 Å². The molecule has 0 heterocycles. The maximum atomic E-state index is 11.6. The van der Waals surface area contributed by atoms with E-state index in [-0.39, 0.29) is 11.1 Å². The third-order valence-electron chi connectivity index (χ3n) is 4.34. The number of carboxylic acid groups (broad SMARTS) is 2. The Morgan fingerprint density at radius 3 is 2.29 bits per heavy atom. The lowest BCUT2D eigenvalue weighted by molar-refractivity contribution is 0.0650. The standard InChI is InChI=1S/C17H22O4/c1-2-6-13-12(11-7-4-3-5-8-11)9-10-14(16(18)19)15(13)17(20)21/h9-11H,2-8H2,1H3,(H,18,19)(H,20,21). The average Bonchev–Trinajstić information content (AvgIpc) is 2.47. The molecule has 21 heavy (non-hydrogen) atoms. The van der Waals surface area contributed by atoms with Crippen LogP contribution in [0.2, 0.25) is 0 Å². The summed E-state index contributed by atoms with van der Waals surface area (Å²) in [5.41, 5.74) is 1.69. The molecule has 1 fully saturated rings. The summed E-state index contributed by atoms with van der Waals surface area (Å²) >= 11 is 0. The number of rotatable bonds is 5. The van der Waals surface area contributed by atoms with Crippen LogP contribution in [0, 0.1) is 0 Å². The van der Waals surface area contributed by atoms with Crippen LogP contribution < -0.4 is 0 Å². The molecule has 1 aliphatic carbocycles. The van der Waals surface area contributed by atoms with Crippen molar-refractivity contribution >= 4 is 11.9 Å². The molecular weight excluding hydrogens is 268 g/mol. The van der Waals surface area contributed by atoms with Gasteiger partial charge in [-0.1, -0.05) is 38.7 Å². The zero-order valence-electron chi connectivity index (χ0n) is 12.4. The Morgan fingerprint density at radius 1 is 1.10 bits per heavy atom. The van der Waals surface area contributed by atoms with E-state index in [1.165, 1.54) is 25.3 Å². The van der Waals surface area contributed by atoms with E-state index in [1.807, 2.05) is 13.0 Å². The Bertz CT molecular complexity index is 542. The second kappa shape index (κ2) is 6.74. The van der Waals surface area contributed by atoms with Crippen LogP contribution in [0.5, 0.6) is 0 Å². The molecule has 0 atom stereocenters. The summed E-state index contributed by atoms with van der Waals surface area (Å²) < 4.78 is 0. The molecule has 0 saturated heterocycles. The number of hydrogen-bond acceptors (Lipinski definition) is 2. The molecule has 4 nitrogen and oxygen atoms in total. The summed E-state index contributed by atoms with van der Waals surface area (Å²) in [6, 6.07) is 3.31. The molecule has 0 aromatic heterocycles. The fourth-order valence-electron chi connectivity index (χ4n) is 3.40. The summed E-state index contributed by atoms with van der Waals surface area (Å²) in [7, 11) is 0. The lowest BCUT2D eigenvalue weighted by Gasteiger charge is -2.25. The van der Waals surface area contributed by atoms with Gasteiger partial charge in [0.15, 0.2) is 0 Å². The van der Waals surface area contributed by atoms with Gasteiger partial charge in [-0.25, -0.2) is 9.59 Å². The Hall–Kier alpha value is -1.84. The van der Waals surface area contributed by atoms with Crippen molar-refractivity contribution in [2.24, 2.45) is 0 Å². The molecule has 4 heteroatoms. The zero-order chi connectivity index (χ0) is 15.4. The smallest absolute Gasteiger partial charge is 0.336 e. The fraction of sp³-hybridized carbons (Fsp3) is 0.529. The van der Waals surface area contributed by atoms with Gasteiger partial charge in [0.25, 0.3) is 0 Å². The van der Waals surface area contributed by atoms with Crippen molar-refractivity contribution in [1.82, 2.24) is 0 Å². The van der Waals surface area contributed by atoms with Gasteiger partial charge in [-0.15, -0.1) is 0 Å². The van der Waals surface area contributed by atoms with E-state index < -0.39 is 11.9 Å². The molecular formula is C17H22O4. The van der Waals surface area contributed by atoms with Crippen molar-refractivity contribution in [3.05, 3.63) is 34.4 Å². The molecule has 114 valence electrons. The highest BCUT2D eigenvalue weighted by molar-refractivity contribution is 6.03. The third kappa shape index (κ3) is 3.26.